The summed E-state index contributed by atoms with van der Waals surface area (Å²) in [6.45, 7) is 9.20. The molecule has 0 saturated heterocycles. The molecule has 7 heteroatoms. The van der Waals surface area contributed by atoms with Crippen LogP contribution in [0.25, 0.3) is 17.3 Å². The number of aryl methyl sites for hydroxylation is 1. The number of aromatic nitrogens is 3. The number of carbonyl (C=O) groups excluding carboxylic acids is 1. The smallest absolute Gasteiger partial charge is 0.330 e. The normalized spacial score (nSPS) is 11.3. The third kappa shape index (κ3) is 7.84. The summed E-state index contributed by atoms with van der Waals surface area (Å²) in [4.78, 5) is 25.2. The third-order valence-electron chi connectivity index (χ3n) is 5.46. The number of rotatable bonds is 13. The fourth-order valence-corrected chi connectivity index (χ4v) is 3.44. The van der Waals surface area contributed by atoms with E-state index in [0.29, 0.717) is 48.1 Å². The van der Waals surface area contributed by atoms with Gasteiger partial charge in [0, 0.05) is 23.7 Å². The van der Waals surface area contributed by atoms with Gasteiger partial charge in [0.15, 0.2) is 0 Å². The van der Waals surface area contributed by atoms with E-state index in [9.17, 15) is 9.59 Å². The van der Waals surface area contributed by atoms with Crippen molar-refractivity contribution in [2.45, 2.75) is 72.8 Å². The largest absolute Gasteiger partial charge is 0.497 e. The van der Waals surface area contributed by atoms with Crippen molar-refractivity contribution in [3.8, 4) is 17.0 Å². The van der Waals surface area contributed by atoms with Crippen molar-refractivity contribution in [2.24, 2.45) is 5.92 Å². The SMILES string of the molecule is CCCCCCn1nnc(-c2cc(OC)ccc2/C=C/C(=O)OCCC(C)C)c(CC)c1=O. The summed E-state index contributed by atoms with van der Waals surface area (Å²) >= 11 is 0. The molecule has 0 aliphatic heterocycles. The van der Waals surface area contributed by atoms with Crippen molar-refractivity contribution in [1.82, 2.24) is 15.0 Å². The van der Waals surface area contributed by atoms with E-state index in [0.717, 1.165) is 37.7 Å². The Hall–Kier alpha value is -2.96. The summed E-state index contributed by atoms with van der Waals surface area (Å²) in [6.07, 6.45) is 8.66. The van der Waals surface area contributed by atoms with Gasteiger partial charge in [0.2, 0.25) is 0 Å². The lowest BCUT2D eigenvalue weighted by atomic mass is 9.99. The molecule has 0 aliphatic rings. The van der Waals surface area contributed by atoms with Gasteiger partial charge in [0.05, 0.1) is 13.7 Å². The van der Waals surface area contributed by atoms with Crippen LogP contribution in [0.3, 0.4) is 0 Å². The molecule has 33 heavy (non-hydrogen) atoms. The lowest BCUT2D eigenvalue weighted by Gasteiger charge is -2.13. The first-order valence-electron chi connectivity index (χ1n) is 11.9. The van der Waals surface area contributed by atoms with Crippen LogP contribution in [0.15, 0.2) is 29.1 Å². The Kier molecular flexibility index (Phi) is 10.8. The van der Waals surface area contributed by atoms with Crippen LogP contribution >= 0.6 is 0 Å². The Morgan fingerprint density at radius 1 is 1.18 bits per heavy atom. The van der Waals surface area contributed by atoms with Crippen LogP contribution in [0.4, 0.5) is 0 Å². The van der Waals surface area contributed by atoms with E-state index in [1.165, 1.54) is 10.8 Å². The van der Waals surface area contributed by atoms with Crippen molar-refractivity contribution in [3.05, 3.63) is 45.8 Å². The maximum atomic E-state index is 13.1. The number of methoxy groups -OCH3 is 1. The van der Waals surface area contributed by atoms with Gasteiger partial charge >= 0.3 is 5.97 Å². The van der Waals surface area contributed by atoms with E-state index in [2.05, 4.69) is 31.1 Å². The molecule has 1 aromatic carbocycles. The highest BCUT2D eigenvalue weighted by molar-refractivity contribution is 5.89. The van der Waals surface area contributed by atoms with Crippen molar-refractivity contribution >= 4 is 12.0 Å². The standard InChI is InChI=1S/C26H37N3O4/c1-6-8-9-10-16-29-26(31)22(7-2)25(27-28-29)23-18-21(32-5)13-11-20(23)12-14-24(30)33-17-15-19(3)4/h11-14,18-19H,6-10,15-17H2,1-5H3/b14-12+. The average molecular weight is 456 g/mol. The molecule has 0 fully saturated rings. The molecule has 2 aromatic rings. The molecule has 0 amide bonds. The Morgan fingerprint density at radius 2 is 1.97 bits per heavy atom. The quantitative estimate of drug-likeness (QED) is 0.238. The zero-order valence-electron chi connectivity index (χ0n) is 20.6. The van der Waals surface area contributed by atoms with Crippen LogP contribution in [0.2, 0.25) is 0 Å². The average Bonchev–Trinajstić information content (AvgIpc) is 2.80. The number of unbranched alkanes of at least 4 members (excludes halogenated alkanes) is 3. The molecule has 180 valence electrons. The van der Waals surface area contributed by atoms with Gasteiger partial charge in [-0.3, -0.25) is 4.79 Å². The summed E-state index contributed by atoms with van der Waals surface area (Å²) < 4.78 is 12.1. The molecular weight excluding hydrogens is 418 g/mol. The first kappa shape index (κ1) is 26.3. The number of hydrogen-bond acceptors (Lipinski definition) is 6. The molecule has 0 bridgehead atoms. The van der Waals surface area contributed by atoms with E-state index in [1.54, 1.807) is 19.3 Å². The van der Waals surface area contributed by atoms with E-state index in [-0.39, 0.29) is 5.56 Å². The van der Waals surface area contributed by atoms with E-state index < -0.39 is 5.97 Å². The first-order chi connectivity index (χ1) is 15.9. The van der Waals surface area contributed by atoms with Crippen LogP contribution in [0, 0.1) is 5.92 Å². The summed E-state index contributed by atoms with van der Waals surface area (Å²) in [6, 6.07) is 5.46. The zero-order chi connectivity index (χ0) is 24.2. The predicted molar refractivity (Wildman–Crippen MR) is 131 cm³/mol. The van der Waals surface area contributed by atoms with Crippen molar-refractivity contribution in [1.29, 1.82) is 0 Å². The van der Waals surface area contributed by atoms with Gasteiger partial charge in [-0.2, -0.15) is 0 Å². The number of carbonyl (C=O) groups is 1. The van der Waals surface area contributed by atoms with Gasteiger partial charge in [-0.25, -0.2) is 9.48 Å². The summed E-state index contributed by atoms with van der Waals surface area (Å²) in [5.74, 6) is 0.700. The van der Waals surface area contributed by atoms with Crippen molar-refractivity contribution < 1.29 is 14.3 Å². The number of ether oxygens (including phenoxy) is 2. The number of hydrogen-bond donors (Lipinski definition) is 0. The first-order valence-corrected chi connectivity index (χ1v) is 11.9. The van der Waals surface area contributed by atoms with Gasteiger partial charge < -0.3 is 9.47 Å². The molecule has 0 radical (unpaired) electrons. The summed E-state index contributed by atoms with van der Waals surface area (Å²) in [7, 11) is 1.58. The molecular formula is C26H37N3O4. The highest BCUT2D eigenvalue weighted by Crippen LogP contribution is 2.29. The second kappa shape index (κ2) is 13.6. The molecule has 0 atom stereocenters. The monoisotopic (exact) mass is 455 g/mol. The molecule has 0 spiro atoms. The maximum Gasteiger partial charge on any atom is 0.330 e. The lowest BCUT2D eigenvalue weighted by molar-refractivity contribution is -0.137. The number of nitrogens with zero attached hydrogens (tertiary/aromatic N) is 3. The van der Waals surface area contributed by atoms with Gasteiger partial charge in [-0.15, -0.1) is 5.10 Å². The fourth-order valence-electron chi connectivity index (χ4n) is 3.44. The molecule has 1 aromatic heterocycles. The van der Waals surface area contributed by atoms with E-state index >= 15 is 0 Å². The molecule has 0 unspecified atom stereocenters. The van der Waals surface area contributed by atoms with E-state index in [1.807, 2.05) is 19.1 Å². The Bertz CT molecular complexity index is 996. The predicted octanol–water partition coefficient (Wildman–Crippen LogP) is 5.06. The molecule has 0 saturated carbocycles. The van der Waals surface area contributed by atoms with E-state index in [4.69, 9.17) is 9.47 Å². The second-order valence-corrected chi connectivity index (χ2v) is 8.50. The Labute approximate surface area is 196 Å². The lowest BCUT2D eigenvalue weighted by Crippen LogP contribution is -2.28. The van der Waals surface area contributed by atoms with Crippen molar-refractivity contribution in [3.63, 3.8) is 0 Å². The van der Waals surface area contributed by atoms with Crippen LogP contribution in [0.5, 0.6) is 5.75 Å². The van der Waals surface area contributed by atoms with Gasteiger partial charge in [-0.1, -0.05) is 58.2 Å². The molecule has 7 nitrogen and oxygen atoms in total. The van der Waals surface area contributed by atoms with Gasteiger partial charge in [0.25, 0.3) is 5.56 Å². The fraction of sp³-hybridized carbons (Fsp3) is 0.538. The minimum atomic E-state index is -0.401. The number of benzene rings is 1. The highest BCUT2D eigenvalue weighted by Gasteiger charge is 2.17. The summed E-state index contributed by atoms with van der Waals surface area (Å²) in [5, 5.41) is 8.63. The second-order valence-electron chi connectivity index (χ2n) is 8.50. The number of esters is 1. The Balaban J connectivity index is 2.36. The van der Waals surface area contributed by atoms with Gasteiger partial charge in [0.1, 0.15) is 11.4 Å². The van der Waals surface area contributed by atoms with Crippen LogP contribution < -0.4 is 10.3 Å². The van der Waals surface area contributed by atoms with Crippen LogP contribution in [-0.4, -0.2) is 34.7 Å². The Morgan fingerprint density at radius 3 is 2.64 bits per heavy atom. The molecule has 2 rings (SSSR count). The topological polar surface area (TPSA) is 83.3 Å². The molecule has 1 heterocycles. The third-order valence-corrected chi connectivity index (χ3v) is 5.46. The van der Waals surface area contributed by atoms with Gasteiger partial charge in [-0.05, 0) is 49.0 Å². The van der Waals surface area contributed by atoms with Crippen LogP contribution in [0.1, 0.15) is 70.9 Å². The zero-order valence-corrected chi connectivity index (χ0v) is 20.6. The molecule has 0 N–H and O–H groups in total. The molecule has 0 aliphatic carbocycles. The highest BCUT2D eigenvalue weighted by atomic mass is 16.5. The minimum Gasteiger partial charge on any atom is -0.497 e. The van der Waals surface area contributed by atoms with Crippen molar-refractivity contribution in [2.75, 3.05) is 13.7 Å². The maximum absolute atomic E-state index is 13.1. The van der Waals surface area contributed by atoms with Crippen LogP contribution in [-0.2, 0) is 22.5 Å². The summed E-state index contributed by atoms with van der Waals surface area (Å²) in [5.41, 5.74) is 2.42. The minimum absolute atomic E-state index is 0.121.